The molecule has 2 heteroatoms. The van der Waals surface area contributed by atoms with Gasteiger partial charge in [-0.1, -0.05) is 125 Å². The highest BCUT2D eigenvalue weighted by molar-refractivity contribution is 6.05. The quantitative estimate of drug-likeness (QED) is 0.198. The number of aromatic hydroxyl groups is 2. The van der Waals surface area contributed by atoms with E-state index in [1.165, 1.54) is 22.3 Å². The van der Waals surface area contributed by atoms with Crippen molar-refractivity contribution < 1.29 is 10.2 Å². The fourth-order valence-electron chi connectivity index (χ4n) is 5.48. The van der Waals surface area contributed by atoms with E-state index in [-0.39, 0.29) is 11.5 Å². The minimum Gasteiger partial charge on any atom is -0.507 e. The van der Waals surface area contributed by atoms with Gasteiger partial charge in [0.2, 0.25) is 0 Å². The van der Waals surface area contributed by atoms with Gasteiger partial charge in [0.15, 0.2) is 0 Å². The van der Waals surface area contributed by atoms with Gasteiger partial charge in [0.25, 0.3) is 0 Å². The smallest absolute Gasteiger partial charge is 0.132 e. The molecule has 0 unspecified atom stereocenters. The van der Waals surface area contributed by atoms with Crippen molar-refractivity contribution in [1.29, 1.82) is 0 Å². The highest BCUT2D eigenvalue weighted by Crippen LogP contribution is 2.55. The fraction of sp³-hybridized carbons (Fsp3) is 0.211. The summed E-state index contributed by atoms with van der Waals surface area (Å²) in [6.07, 6.45) is 3.74. The average molecular weight is 527 g/mol. The van der Waals surface area contributed by atoms with Crippen molar-refractivity contribution in [3.8, 4) is 56.0 Å². The molecule has 0 fully saturated rings. The van der Waals surface area contributed by atoms with Gasteiger partial charge in [0.1, 0.15) is 11.5 Å². The zero-order valence-corrected chi connectivity index (χ0v) is 24.0. The van der Waals surface area contributed by atoms with Gasteiger partial charge in [-0.2, -0.15) is 0 Å². The molecule has 2 N–H and O–H groups in total. The molecule has 2 nitrogen and oxygen atoms in total. The number of phenols is 2. The van der Waals surface area contributed by atoms with Gasteiger partial charge in [-0.05, 0) is 70.2 Å². The molecule has 0 aliphatic heterocycles. The second-order valence-electron chi connectivity index (χ2n) is 10.4. The number of hydrogen-bond donors (Lipinski definition) is 2. The second-order valence-corrected chi connectivity index (χ2v) is 10.4. The van der Waals surface area contributed by atoms with Crippen LogP contribution in [0.15, 0.2) is 97.1 Å². The molecule has 0 heterocycles. The molecule has 0 radical (unpaired) electrons. The first-order valence-electron chi connectivity index (χ1n) is 14.5. The molecule has 0 saturated heterocycles. The van der Waals surface area contributed by atoms with E-state index in [9.17, 15) is 10.2 Å². The van der Waals surface area contributed by atoms with Crippen molar-refractivity contribution in [2.24, 2.45) is 0 Å². The number of phenolic OH excluding ortho intramolecular Hbond substituents is 2. The highest BCUT2D eigenvalue weighted by Gasteiger charge is 2.27. The van der Waals surface area contributed by atoms with Gasteiger partial charge in [0, 0.05) is 22.3 Å². The second kappa shape index (κ2) is 11.8. The van der Waals surface area contributed by atoms with Gasteiger partial charge in [-0.3, -0.25) is 0 Å². The Morgan fingerprint density at radius 3 is 0.650 bits per heavy atom. The van der Waals surface area contributed by atoms with Crippen LogP contribution in [0.3, 0.4) is 0 Å². The van der Waals surface area contributed by atoms with E-state index in [1.54, 1.807) is 0 Å². The molecular formula is C38H38O2. The Bertz CT molecular complexity index is 1350. The van der Waals surface area contributed by atoms with Gasteiger partial charge >= 0.3 is 0 Å². The summed E-state index contributed by atoms with van der Waals surface area (Å²) in [5.41, 5.74) is 11.0. The molecule has 5 aromatic carbocycles. The van der Waals surface area contributed by atoms with Crippen molar-refractivity contribution in [2.75, 3.05) is 0 Å². The Balaban J connectivity index is 1.89. The largest absolute Gasteiger partial charge is 0.507 e. The first-order chi connectivity index (χ1) is 19.5. The summed E-state index contributed by atoms with van der Waals surface area (Å²) >= 11 is 0. The zero-order chi connectivity index (χ0) is 28.2. The van der Waals surface area contributed by atoms with E-state index in [2.05, 4.69) is 125 Å². The van der Waals surface area contributed by atoms with Gasteiger partial charge in [-0.25, -0.2) is 0 Å². The van der Waals surface area contributed by atoms with Gasteiger partial charge in [-0.15, -0.1) is 0 Å². The SMILES string of the molecule is CCc1ccc(-c2c(O)c(-c3ccc(CC)cc3)c(-c3ccc(CC)cc3)c(O)c2-c2ccc(CC)cc2)cc1. The van der Waals surface area contributed by atoms with Crippen LogP contribution in [0.4, 0.5) is 0 Å². The number of aryl methyl sites for hydroxylation is 4. The van der Waals surface area contributed by atoms with Crippen LogP contribution in [0.25, 0.3) is 44.5 Å². The Morgan fingerprint density at radius 2 is 0.500 bits per heavy atom. The van der Waals surface area contributed by atoms with Gasteiger partial charge < -0.3 is 10.2 Å². The van der Waals surface area contributed by atoms with Crippen molar-refractivity contribution in [3.63, 3.8) is 0 Å². The maximum atomic E-state index is 12.2. The predicted molar refractivity (Wildman–Crippen MR) is 169 cm³/mol. The van der Waals surface area contributed by atoms with E-state index in [1.807, 2.05) is 0 Å². The molecule has 0 atom stereocenters. The molecular weight excluding hydrogens is 488 g/mol. The van der Waals surface area contributed by atoms with Crippen LogP contribution in [0.2, 0.25) is 0 Å². The molecule has 0 aromatic heterocycles. The fourth-order valence-corrected chi connectivity index (χ4v) is 5.48. The predicted octanol–water partition coefficient (Wildman–Crippen LogP) is 10.0. The van der Waals surface area contributed by atoms with Crippen LogP contribution >= 0.6 is 0 Å². The minimum atomic E-state index is 0.176. The lowest BCUT2D eigenvalue weighted by atomic mass is 9.82. The Morgan fingerprint density at radius 1 is 0.325 bits per heavy atom. The van der Waals surface area contributed by atoms with Crippen LogP contribution in [-0.4, -0.2) is 10.2 Å². The van der Waals surface area contributed by atoms with E-state index in [0.29, 0.717) is 22.3 Å². The molecule has 0 saturated carbocycles. The van der Waals surface area contributed by atoms with Crippen molar-refractivity contribution in [1.82, 2.24) is 0 Å². The molecule has 202 valence electrons. The maximum Gasteiger partial charge on any atom is 0.132 e. The van der Waals surface area contributed by atoms with E-state index >= 15 is 0 Å². The summed E-state index contributed by atoms with van der Waals surface area (Å²) in [6.45, 7) is 8.54. The molecule has 5 rings (SSSR count). The average Bonchev–Trinajstić information content (AvgIpc) is 3.02. The summed E-state index contributed by atoms with van der Waals surface area (Å²) in [4.78, 5) is 0. The summed E-state index contributed by atoms with van der Waals surface area (Å²) < 4.78 is 0. The molecule has 40 heavy (non-hydrogen) atoms. The molecule has 5 aromatic rings. The minimum absolute atomic E-state index is 0.176. The van der Waals surface area contributed by atoms with Crippen LogP contribution in [0.5, 0.6) is 11.5 Å². The number of hydrogen-bond acceptors (Lipinski definition) is 2. The standard InChI is InChI=1S/C38H38O2/c1-5-25-9-17-29(18-10-25)33-34(30-19-11-26(6-2)12-20-30)38(40)36(32-23-15-28(8-4)16-24-32)35(37(33)39)31-21-13-27(7-3)14-22-31/h9-24,39-40H,5-8H2,1-4H3. The highest BCUT2D eigenvalue weighted by atomic mass is 16.3. The third-order valence-electron chi connectivity index (χ3n) is 8.05. The maximum absolute atomic E-state index is 12.2. The molecule has 0 aliphatic rings. The first-order valence-corrected chi connectivity index (χ1v) is 14.5. The van der Waals surface area contributed by atoms with Gasteiger partial charge in [0.05, 0.1) is 0 Å². The molecule has 0 bridgehead atoms. The van der Waals surface area contributed by atoms with Crippen LogP contribution in [0, 0.1) is 0 Å². The molecule has 0 spiro atoms. The Labute approximate surface area is 238 Å². The first kappa shape index (κ1) is 27.3. The van der Waals surface area contributed by atoms with Crippen molar-refractivity contribution >= 4 is 0 Å². The van der Waals surface area contributed by atoms with Crippen LogP contribution in [-0.2, 0) is 25.7 Å². The topological polar surface area (TPSA) is 40.5 Å². The molecule has 0 aliphatic carbocycles. The Hall–Kier alpha value is -4.30. The number of benzene rings is 5. The number of rotatable bonds is 8. The lowest BCUT2D eigenvalue weighted by molar-refractivity contribution is 0.467. The summed E-state index contributed by atoms with van der Waals surface area (Å²) in [7, 11) is 0. The summed E-state index contributed by atoms with van der Waals surface area (Å²) in [5, 5.41) is 24.5. The van der Waals surface area contributed by atoms with E-state index < -0.39 is 0 Å². The molecule has 0 amide bonds. The Kier molecular flexibility index (Phi) is 8.07. The van der Waals surface area contributed by atoms with Crippen LogP contribution < -0.4 is 0 Å². The lowest BCUT2D eigenvalue weighted by Crippen LogP contribution is -1.96. The summed E-state index contributed by atoms with van der Waals surface area (Å²) in [6, 6.07) is 33.2. The monoisotopic (exact) mass is 526 g/mol. The van der Waals surface area contributed by atoms with E-state index in [4.69, 9.17) is 0 Å². The van der Waals surface area contributed by atoms with Crippen molar-refractivity contribution in [3.05, 3.63) is 119 Å². The lowest BCUT2D eigenvalue weighted by Gasteiger charge is -2.23. The normalized spacial score (nSPS) is 11.1. The zero-order valence-electron chi connectivity index (χ0n) is 24.0. The summed E-state index contributed by atoms with van der Waals surface area (Å²) in [5.74, 6) is 0.353. The van der Waals surface area contributed by atoms with Crippen LogP contribution in [0.1, 0.15) is 49.9 Å². The van der Waals surface area contributed by atoms with Crippen molar-refractivity contribution in [2.45, 2.75) is 53.4 Å². The third kappa shape index (κ3) is 5.14. The third-order valence-corrected chi connectivity index (χ3v) is 8.05. The van der Waals surface area contributed by atoms with E-state index in [0.717, 1.165) is 47.9 Å².